The van der Waals surface area contributed by atoms with E-state index in [-0.39, 0.29) is 22.6 Å². The summed E-state index contributed by atoms with van der Waals surface area (Å²) < 4.78 is 34.9. The number of methoxy groups -OCH3 is 1. The first-order valence-electron chi connectivity index (χ1n) is 6.97. The molecule has 122 valence electrons. The number of fused-ring (bicyclic) bond motifs is 1. The Hall–Kier alpha value is -3.22. The van der Waals surface area contributed by atoms with E-state index in [1.165, 1.54) is 48.3 Å². The number of benzene rings is 1. The Morgan fingerprint density at radius 3 is 2.88 bits per heavy atom. The van der Waals surface area contributed by atoms with Gasteiger partial charge in [-0.3, -0.25) is 0 Å². The van der Waals surface area contributed by atoms with E-state index < -0.39 is 17.6 Å². The van der Waals surface area contributed by atoms with Gasteiger partial charge < -0.3 is 14.5 Å². The van der Waals surface area contributed by atoms with Crippen LogP contribution in [0.5, 0.6) is 0 Å². The quantitative estimate of drug-likeness (QED) is 0.740. The summed E-state index contributed by atoms with van der Waals surface area (Å²) in [6.45, 7) is 3.56. The third-order valence-electron chi connectivity index (χ3n) is 3.52. The molecular weight excluding hydrogens is 316 g/mol. The molecule has 2 heterocycles. The van der Waals surface area contributed by atoms with Crippen LogP contribution in [-0.4, -0.2) is 22.5 Å². The van der Waals surface area contributed by atoms with Crippen LogP contribution in [0.1, 0.15) is 15.9 Å². The van der Waals surface area contributed by atoms with Gasteiger partial charge in [-0.25, -0.2) is 18.6 Å². The lowest BCUT2D eigenvalue weighted by atomic mass is 10.1. The molecule has 0 atom stereocenters. The monoisotopic (exact) mass is 329 g/mol. The average Bonchev–Trinajstić information content (AvgIpc) is 3.06. The summed E-state index contributed by atoms with van der Waals surface area (Å²) in [5, 5.41) is 2.62. The van der Waals surface area contributed by atoms with E-state index in [2.05, 4.69) is 21.6 Å². The number of carbonyl (C=O) groups excluding carboxylic acids is 1. The molecule has 3 rings (SSSR count). The Kier molecular flexibility index (Phi) is 3.99. The van der Waals surface area contributed by atoms with Crippen molar-refractivity contribution in [3.63, 3.8) is 0 Å². The summed E-state index contributed by atoms with van der Waals surface area (Å²) in [4.78, 5) is 15.8. The number of esters is 1. The van der Waals surface area contributed by atoms with Crippen molar-refractivity contribution in [3.05, 3.63) is 66.1 Å². The van der Waals surface area contributed by atoms with Crippen LogP contribution in [0, 0.1) is 11.6 Å². The standard InChI is InChI=1S/C17H13F2N3O2/c1-3-10-4-5-13(12(18)8-10)21-15-11(17(23)24-2)9-22-7-6-20-16(22)14(15)19/h3-9,21H,1H2,2H3. The Morgan fingerprint density at radius 1 is 1.42 bits per heavy atom. The first-order valence-corrected chi connectivity index (χ1v) is 6.97. The minimum absolute atomic E-state index is 0.00766. The number of imidazole rings is 1. The molecule has 0 bridgehead atoms. The number of pyridine rings is 1. The molecule has 0 aliphatic carbocycles. The molecule has 0 spiro atoms. The van der Waals surface area contributed by atoms with Crippen molar-refractivity contribution in [2.75, 3.05) is 12.4 Å². The molecule has 3 aromatic rings. The number of anilines is 2. The van der Waals surface area contributed by atoms with Crippen molar-refractivity contribution in [2.24, 2.45) is 0 Å². The highest BCUT2D eigenvalue weighted by Gasteiger charge is 2.21. The molecule has 7 heteroatoms. The first-order chi connectivity index (χ1) is 11.5. The second-order valence-corrected chi connectivity index (χ2v) is 4.95. The molecule has 1 N–H and O–H groups in total. The van der Waals surface area contributed by atoms with Crippen molar-refractivity contribution in [2.45, 2.75) is 0 Å². The summed E-state index contributed by atoms with van der Waals surface area (Å²) in [7, 11) is 1.18. The predicted octanol–water partition coefficient (Wildman–Crippen LogP) is 3.79. The van der Waals surface area contributed by atoms with Gasteiger partial charge in [0, 0.05) is 18.6 Å². The highest BCUT2D eigenvalue weighted by molar-refractivity contribution is 5.97. The number of hydrogen-bond donors (Lipinski definition) is 1. The van der Waals surface area contributed by atoms with Gasteiger partial charge in [0.25, 0.3) is 0 Å². The van der Waals surface area contributed by atoms with Gasteiger partial charge in [-0.15, -0.1) is 0 Å². The molecule has 5 nitrogen and oxygen atoms in total. The van der Waals surface area contributed by atoms with Gasteiger partial charge >= 0.3 is 5.97 Å². The molecule has 0 aliphatic rings. The first kappa shape index (κ1) is 15.7. The Bertz CT molecular complexity index is 950. The van der Waals surface area contributed by atoms with E-state index in [1.54, 1.807) is 6.07 Å². The summed E-state index contributed by atoms with van der Waals surface area (Å²) in [5.74, 6) is -2.14. The van der Waals surface area contributed by atoms with Crippen molar-refractivity contribution in [1.29, 1.82) is 0 Å². The van der Waals surface area contributed by atoms with Crippen molar-refractivity contribution in [3.8, 4) is 0 Å². The summed E-state index contributed by atoms with van der Waals surface area (Å²) >= 11 is 0. The fourth-order valence-electron chi connectivity index (χ4n) is 2.30. The van der Waals surface area contributed by atoms with Gasteiger partial charge in [-0.1, -0.05) is 18.7 Å². The normalized spacial score (nSPS) is 10.6. The van der Waals surface area contributed by atoms with Gasteiger partial charge in [0.05, 0.1) is 18.5 Å². The fourth-order valence-corrected chi connectivity index (χ4v) is 2.30. The van der Waals surface area contributed by atoms with E-state index in [1.807, 2.05) is 0 Å². The zero-order valence-corrected chi connectivity index (χ0v) is 12.7. The van der Waals surface area contributed by atoms with E-state index in [4.69, 9.17) is 0 Å². The third-order valence-corrected chi connectivity index (χ3v) is 3.52. The Morgan fingerprint density at radius 2 is 2.21 bits per heavy atom. The van der Waals surface area contributed by atoms with Crippen LogP contribution in [0.3, 0.4) is 0 Å². The van der Waals surface area contributed by atoms with Crippen LogP contribution >= 0.6 is 0 Å². The lowest BCUT2D eigenvalue weighted by Crippen LogP contribution is -2.10. The van der Waals surface area contributed by atoms with Crippen LogP contribution in [-0.2, 0) is 4.74 Å². The van der Waals surface area contributed by atoms with Gasteiger partial charge in [-0.05, 0) is 17.7 Å². The Labute approximate surface area is 136 Å². The second kappa shape index (κ2) is 6.11. The maximum absolute atomic E-state index is 14.7. The Balaban J connectivity index is 2.15. The third kappa shape index (κ3) is 2.60. The zero-order valence-electron chi connectivity index (χ0n) is 12.7. The number of carbonyl (C=O) groups is 1. The number of aromatic nitrogens is 2. The molecule has 0 amide bonds. The van der Waals surface area contributed by atoms with Crippen molar-refractivity contribution >= 4 is 29.1 Å². The maximum atomic E-state index is 14.7. The number of hydrogen-bond acceptors (Lipinski definition) is 4. The molecule has 0 fully saturated rings. The minimum atomic E-state index is -0.782. The average molecular weight is 329 g/mol. The summed E-state index contributed by atoms with van der Waals surface area (Å²) in [6, 6.07) is 4.30. The lowest BCUT2D eigenvalue weighted by molar-refractivity contribution is 0.0601. The fraction of sp³-hybridized carbons (Fsp3) is 0.0588. The highest BCUT2D eigenvalue weighted by Crippen LogP contribution is 2.29. The van der Waals surface area contributed by atoms with Crippen molar-refractivity contribution in [1.82, 2.24) is 9.38 Å². The second-order valence-electron chi connectivity index (χ2n) is 4.95. The molecular formula is C17H13F2N3O2. The maximum Gasteiger partial charge on any atom is 0.341 e. The molecule has 0 aliphatic heterocycles. The topological polar surface area (TPSA) is 55.6 Å². The predicted molar refractivity (Wildman–Crippen MR) is 86.3 cm³/mol. The van der Waals surface area contributed by atoms with Gasteiger partial charge in [0.1, 0.15) is 11.4 Å². The van der Waals surface area contributed by atoms with Crippen molar-refractivity contribution < 1.29 is 18.3 Å². The highest BCUT2D eigenvalue weighted by atomic mass is 19.1. The van der Waals surface area contributed by atoms with Gasteiger partial charge in [0.2, 0.25) is 0 Å². The molecule has 0 saturated heterocycles. The molecule has 2 aromatic heterocycles. The summed E-state index contributed by atoms with van der Waals surface area (Å²) in [6.07, 6.45) is 5.75. The molecule has 0 radical (unpaired) electrons. The van der Waals surface area contributed by atoms with Gasteiger partial charge in [0.15, 0.2) is 11.5 Å². The SMILES string of the molecule is C=Cc1ccc(Nc2c(C(=O)OC)cn3ccnc3c2F)c(F)c1. The van der Waals surface area contributed by atoms with E-state index in [0.717, 1.165) is 0 Å². The largest absolute Gasteiger partial charge is 0.465 e. The minimum Gasteiger partial charge on any atom is -0.465 e. The number of rotatable bonds is 4. The smallest absolute Gasteiger partial charge is 0.341 e. The van der Waals surface area contributed by atoms with Crippen LogP contribution < -0.4 is 5.32 Å². The molecule has 1 aromatic carbocycles. The van der Waals surface area contributed by atoms with Gasteiger partial charge in [-0.2, -0.15) is 0 Å². The van der Waals surface area contributed by atoms with Crippen LogP contribution in [0.4, 0.5) is 20.2 Å². The van der Waals surface area contributed by atoms with Crippen LogP contribution in [0.25, 0.3) is 11.7 Å². The molecule has 0 unspecified atom stereocenters. The number of halogens is 2. The molecule has 24 heavy (non-hydrogen) atoms. The van der Waals surface area contributed by atoms with E-state index in [9.17, 15) is 13.6 Å². The molecule has 0 saturated carbocycles. The van der Waals surface area contributed by atoms with Crippen LogP contribution in [0.2, 0.25) is 0 Å². The summed E-state index contributed by atoms with van der Waals surface area (Å²) in [5.41, 5.74) is 0.322. The zero-order chi connectivity index (χ0) is 17.3. The lowest BCUT2D eigenvalue weighted by Gasteiger charge is -2.14. The van der Waals surface area contributed by atoms with Crippen LogP contribution in [0.15, 0.2) is 43.4 Å². The van der Waals surface area contributed by atoms with E-state index >= 15 is 0 Å². The number of ether oxygens (including phenoxy) is 1. The van der Waals surface area contributed by atoms with E-state index in [0.29, 0.717) is 5.56 Å². The number of nitrogens with zero attached hydrogens (tertiary/aromatic N) is 2. The number of nitrogens with one attached hydrogen (secondary N) is 1.